The fraction of sp³-hybridized carbons (Fsp3) is 0.500. The van der Waals surface area contributed by atoms with Gasteiger partial charge in [0.2, 0.25) is 0 Å². The van der Waals surface area contributed by atoms with Crippen LogP contribution >= 0.6 is 11.3 Å². The Bertz CT molecular complexity index is 825. The summed E-state index contributed by atoms with van der Waals surface area (Å²) in [4.78, 5) is 8.16. The van der Waals surface area contributed by atoms with E-state index in [9.17, 15) is 13.2 Å². The van der Waals surface area contributed by atoms with E-state index in [0.29, 0.717) is 48.5 Å². The zero-order valence-corrected chi connectivity index (χ0v) is 18.1. The molecule has 166 valence electrons. The highest BCUT2D eigenvalue weighted by molar-refractivity contribution is 7.09. The molecule has 0 unspecified atom stereocenters. The van der Waals surface area contributed by atoms with Crippen LogP contribution in [0.1, 0.15) is 29.6 Å². The Morgan fingerprint density at radius 3 is 2.53 bits per heavy atom. The van der Waals surface area contributed by atoms with Crippen molar-refractivity contribution in [2.24, 2.45) is 4.99 Å². The first-order valence-electron chi connectivity index (χ1n) is 9.62. The van der Waals surface area contributed by atoms with Crippen molar-refractivity contribution < 1.29 is 22.6 Å². The predicted octanol–water partition coefficient (Wildman–Crippen LogP) is 3.91. The highest BCUT2D eigenvalue weighted by Gasteiger charge is 2.33. The molecule has 0 aliphatic heterocycles. The maximum Gasteiger partial charge on any atom is 0.434 e. The number of guanidine groups is 1. The van der Waals surface area contributed by atoms with Crippen molar-refractivity contribution in [3.05, 3.63) is 39.8 Å². The third-order valence-corrected chi connectivity index (χ3v) is 5.07. The van der Waals surface area contributed by atoms with Crippen molar-refractivity contribution in [2.45, 2.75) is 32.4 Å². The van der Waals surface area contributed by atoms with Gasteiger partial charge in [0.25, 0.3) is 0 Å². The predicted molar refractivity (Wildman–Crippen MR) is 113 cm³/mol. The normalized spacial score (nSPS) is 12.0. The minimum Gasteiger partial charge on any atom is -0.493 e. The van der Waals surface area contributed by atoms with Crippen LogP contribution in [0.25, 0.3) is 0 Å². The number of halogens is 3. The molecule has 30 heavy (non-hydrogen) atoms. The number of aliphatic imine (C=N–C) groups is 1. The minimum absolute atomic E-state index is 0.400. The Morgan fingerprint density at radius 1 is 1.13 bits per heavy atom. The van der Waals surface area contributed by atoms with Crippen LogP contribution in [0.15, 0.2) is 28.6 Å². The monoisotopic (exact) mass is 444 g/mol. The highest BCUT2D eigenvalue weighted by Crippen LogP contribution is 2.30. The van der Waals surface area contributed by atoms with E-state index in [2.05, 4.69) is 20.6 Å². The first-order chi connectivity index (χ1) is 14.4. The molecule has 1 aromatic heterocycles. The van der Waals surface area contributed by atoms with Crippen LogP contribution in [0.4, 0.5) is 13.2 Å². The quantitative estimate of drug-likeness (QED) is 0.330. The molecule has 2 rings (SSSR count). The van der Waals surface area contributed by atoms with Gasteiger partial charge in [-0.05, 0) is 37.5 Å². The first kappa shape index (κ1) is 23.8. The summed E-state index contributed by atoms with van der Waals surface area (Å²) in [5.74, 6) is 2.03. The topological polar surface area (TPSA) is 67.8 Å². The van der Waals surface area contributed by atoms with Gasteiger partial charge in [0.15, 0.2) is 23.2 Å². The third-order valence-electron chi connectivity index (χ3n) is 4.16. The van der Waals surface area contributed by atoms with E-state index < -0.39 is 11.9 Å². The lowest BCUT2D eigenvalue weighted by atomic mass is 10.1. The van der Waals surface area contributed by atoms with E-state index in [-0.39, 0.29) is 0 Å². The average Bonchev–Trinajstić information content (AvgIpc) is 3.20. The summed E-state index contributed by atoms with van der Waals surface area (Å²) in [5, 5.41) is 7.76. The summed E-state index contributed by atoms with van der Waals surface area (Å²) in [6.45, 7) is 3.71. The molecule has 1 aromatic carbocycles. The number of aryl methyl sites for hydroxylation is 1. The number of alkyl halides is 3. The second-order valence-electron chi connectivity index (χ2n) is 6.35. The van der Waals surface area contributed by atoms with Crippen molar-refractivity contribution in [3.8, 4) is 11.5 Å². The van der Waals surface area contributed by atoms with Gasteiger partial charge in [0, 0.05) is 31.4 Å². The fourth-order valence-electron chi connectivity index (χ4n) is 2.70. The second-order valence-corrected chi connectivity index (χ2v) is 7.30. The lowest BCUT2D eigenvalue weighted by Crippen LogP contribution is -2.38. The van der Waals surface area contributed by atoms with Crippen molar-refractivity contribution in [1.82, 2.24) is 15.6 Å². The SMILES string of the molecule is CCNC(=NCCCc1ccc(OC)c(OC)c1)NCCc1nc(C(F)(F)F)cs1. The standard InChI is InChI=1S/C20H27F3N4O2S/c1-4-24-19(26-11-9-18-27-17(13-30-18)20(21,22)23)25-10-5-6-14-7-8-15(28-2)16(12-14)29-3/h7-8,12-13H,4-6,9-11H2,1-3H3,(H2,24,25,26). The lowest BCUT2D eigenvalue weighted by molar-refractivity contribution is -0.140. The summed E-state index contributed by atoms with van der Waals surface area (Å²) >= 11 is 1.02. The van der Waals surface area contributed by atoms with Crippen molar-refractivity contribution in [2.75, 3.05) is 33.9 Å². The Labute approximate surface area is 178 Å². The highest BCUT2D eigenvalue weighted by atomic mass is 32.1. The van der Waals surface area contributed by atoms with E-state index in [4.69, 9.17) is 9.47 Å². The molecule has 0 bridgehead atoms. The van der Waals surface area contributed by atoms with Crippen LogP contribution in [-0.4, -0.2) is 44.8 Å². The van der Waals surface area contributed by atoms with E-state index in [0.717, 1.165) is 35.1 Å². The second kappa shape index (κ2) is 11.6. The Balaban J connectivity index is 1.80. The van der Waals surface area contributed by atoms with Crippen LogP contribution in [0.5, 0.6) is 11.5 Å². The molecule has 10 heteroatoms. The van der Waals surface area contributed by atoms with Gasteiger partial charge in [0.1, 0.15) is 0 Å². The number of nitrogens with one attached hydrogen (secondary N) is 2. The van der Waals surface area contributed by atoms with Crippen molar-refractivity contribution >= 4 is 17.3 Å². The Morgan fingerprint density at radius 2 is 1.90 bits per heavy atom. The molecule has 0 radical (unpaired) electrons. The summed E-state index contributed by atoms with van der Waals surface area (Å²) in [6, 6.07) is 5.83. The third kappa shape index (κ3) is 7.40. The number of methoxy groups -OCH3 is 2. The zero-order valence-electron chi connectivity index (χ0n) is 17.3. The molecule has 0 spiro atoms. The number of benzene rings is 1. The van der Waals surface area contributed by atoms with E-state index in [1.165, 1.54) is 0 Å². The van der Waals surface area contributed by atoms with E-state index in [1.807, 2.05) is 25.1 Å². The molecule has 0 fully saturated rings. The molecule has 0 saturated carbocycles. The summed E-state index contributed by atoms with van der Waals surface area (Å²) in [6.07, 6.45) is -2.32. The lowest BCUT2D eigenvalue weighted by Gasteiger charge is -2.11. The van der Waals surface area contributed by atoms with Gasteiger partial charge in [-0.3, -0.25) is 4.99 Å². The molecular formula is C20H27F3N4O2S. The average molecular weight is 445 g/mol. The molecule has 0 aliphatic carbocycles. The van der Waals surface area contributed by atoms with Crippen LogP contribution < -0.4 is 20.1 Å². The molecule has 0 aliphatic rings. The maximum absolute atomic E-state index is 12.6. The number of nitrogens with zero attached hydrogens (tertiary/aromatic N) is 2. The molecule has 6 nitrogen and oxygen atoms in total. The number of rotatable bonds is 10. The number of hydrogen-bond donors (Lipinski definition) is 2. The molecule has 0 saturated heterocycles. The minimum atomic E-state index is -4.40. The van der Waals surface area contributed by atoms with Gasteiger partial charge < -0.3 is 20.1 Å². The number of aromatic nitrogens is 1. The zero-order chi connectivity index (χ0) is 22.0. The summed E-state index contributed by atoms with van der Waals surface area (Å²) < 4.78 is 48.4. The Hall–Kier alpha value is -2.49. The van der Waals surface area contributed by atoms with Crippen LogP contribution in [0, 0.1) is 0 Å². The molecule has 0 amide bonds. The number of thiazole rings is 1. The smallest absolute Gasteiger partial charge is 0.434 e. The Kier molecular flexibility index (Phi) is 9.22. The van der Waals surface area contributed by atoms with Gasteiger partial charge in [-0.15, -0.1) is 11.3 Å². The van der Waals surface area contributed by atoms with Gasteiger partial charge in [-0.25, -0.2) is 4.98 Å². The van der Waals surface area contributed by atoms with E-state index >= 15 is 0 Å². The molecule has 2 N–H and O–H groups in total. The number of hydrogen-bond acceptors (Lipinski definition) is 5. The van der Waals surface area contributed by atoms with Gasteiger partial charge in [-0.2, -0.15) is 13.2 Å². The van der Waals surface area contributed by atoms with Gasteiger partial charge in [0.05, 0.1) is 19.2 Å². The van der Waals surface area contributed by atoms with Gasteiger partial charge in [-0.1, -0.05) is 6.07 Å². The summed E-state index contributed by atoms with van der Waals surface area (Å²) in [5.41, 5.74) is 0.295. The molecule has 1 heterocycles. The van der Waals surface area contributed by atoms with Crippen LogP contribution in [0.2, 0.25) is 0 Å². The van der Waals surface area contributed by atoms with Crippen LogP contribution in [-0.2, 0) is 19.0 Å². The molecular weight excluding hydrogens is 417 g/mol. The number of ether oxygens (including phenoxy) is 2. The van der Waals surface area contributed by atoms with Crippen molar-refractivity contribution in [1.29, 1.82) is 0 Å². The van der Waals surface area contributed by atoms with Crippen molar-refractivity contribution in [3.63, 3.8) is 0 Å². The largest absolute Gasteiger partial charge is 0.493 e. The molecule has 2 aromatic rings. The maximum atomic E-state index is 12.6. The molecule has 0 atom stereocenters. The van der Waals surface area contributed by atoms with Crippen LogP contribution in [0.3, 0.4) is 0 Å². The fourth-order valence-corrected chi connectivity index (χ4v) is 3.50. The van der Waals surface area contributed by atoms with E-state index in [1.54, 1.807) is 14.2 Å². The van der Waals surface area contributed by atoms with Gasteiger partial charge >= 0.3 is 6.18 Å². The summed E-state index contributed by atoms with van der Waals surface area (Å²) in [7, 11) is 3.21. The first-order valence-corrected chi connectivity index (χ1v) is 10.5.